The molecular weight excluding hydrogens is 221 g/mol. The van der Waals surface area contributed by atoms with Gasteiger partial charge in [0.25, 0.3) is 0 Å². The van der Waals surface area contributed by atoms with Crippen LogP contribution < -0.4 is 5.32 Å². The van der Waals surface area contributed by atoms with Gasteiger partial charge in [0.15, 0.2) is 5.82 Å². The molecule has 1 unspecified atom stereocenters. The molecule has 1 aromatic carbocycles. The Hall–Kier alpha value is -1.75. The van der Waals surface area contributed by atoms with E-state index in [-0.39, 0.29) is 11.9 Å². The maximum atomic E-state index is 12.8. The van der Waals surface area contributed by atoms with Crippen LogP contribution in [-0.4, -0.2) is 10.1 Å². The van der Waals surface area contributed by atoms with Gasteiger partial charge in [-0.1, -0.05) is 17.3 Å². The lowest BCUT2D eigenvalue weighted by molar-refractivity contribution is 0.384. The van der Waals surface area contributed by atoms with Gasteiger partial charge in [-0.15, -0.1) is 0 Å². The van der Waals surface area contributed by atoms with Crippen molar-refractivity contribution in [1.29, 1.82) is 0 Å². The molecular formula is C12H14FN3O. The van der Waals surface area contributed by atoms with Crippen LogP contribution in [0.4, 0.5) is 4.39 Å². The highest BCUT2D eigenvalue weighted by atomic mass is 19.1. The van der Waals surface area contributed by atoms with E-state index in [9.17, 15) is 4.39 Å². The van der Waals surface area contributed by atoms with Crippen LogP contribution in [0, 0.1) is 12.7 Å². The minimum absolute atomic E-state index is 0.106. The highest BCUT2D eigenvalue weighted by Gasteiger charge is 2.07. The Kier molecular flexibility index (Phi) is 3.49. The van der Waals surface area contributed by atoms with Crippen LogP contribution in [0.25, 0.3) is 0 Å². The Morgan fingerprint density at radius 2 is 2.06 bits per heavy atom. The summed E-state index contributed by atoms with van der Waals surface area (Å²) in [5.41, 5.74) is 1.02. The number of hydrogen-bond acceptors (Lipinski definition) is 4. The van der Waals surface area contributed by atoms with Crippen LogP contribution in [0.5, 0.6) is 0 Å². The topological polar surface area (TPSA) is 51.0 Å². The summed E-state index contributed by atoms with van der Waals surface area (Å²) < 4.78 is 17.6. The van der Waals surface area contributed by atoms with Gasteiger partial charge in [-0.2, -0.15) is 4.98 Å². The van der Waals surface area contributed by atoms with Gasteiger partial charge in [0.1, 0.15) is 5.82 Å². The molecule has 0 aliphatic rings. The summed E-state index contributed by atoms with van der Waals surface area (Å²) in [5.74, 6) is 0.947. The van der Waals surface area contributed by atoms with Crippen LogP contribution in [0.1, 0.15) is 30.2 Å². The smallest absolute Gasteiger partial charge is 0.223 e. The minimum Gasteiger partial charge on any atom is -0.340 e. The molecule has 1 heterocycles. The van der Waals surface area contributed by atoms with E-state index in [1.54, 1.807) is 19.1 Å². The number of benzene rings is 1. The Labute approximate surface area is 98.8 Å². The second-order valence-corrected chi connectivity index (χ2v) is 3.88. The third-order valence-electron chi connectivity index (χ3n) is 2.51. The number of halogens is 1. The van der Waals surface area contributed by atoms with Crippen molar-refractivity contribution in [1.82, 2.24) is 15.5 Å². The van der Waals surface area contributed by atoms with Crippen LogP contribution in [0.15, 0.2) is 28.8 Å². The van der Waals surface area contributed by atoms with E-state index in [4.69, 9.17) is 4.52 Å². The van der Waals surface area contributed by atoms with Gasteiger partial charge in [0.2, 0.25) is 5.89 Å². The first kappa shape index (κ1) is 11.7. The molecule has 0 saturated carbocycles. The average molecular weight is 235 g/mol. The highest BCUT2D eigenvalue weighted by Crippen LogP contribution is 2.13. The Morgan fingerprint density at radius 1 is 1.35 bits per heavy atom. The van der Waals surface area contributed by atoms with Crippen molar-refractivity contribution in [2.75, 3.05) is 0 Å². The van der Waals surface area contributed by atoms with E-state index in [2.05, 4.69) is 15.5 Å². The molecule has 1 N–H and O–H groups in total. The minimum atomic E-state index is -0.227. The summed E-state index contributed by atoms with van der Waals surface area (Å²) in [6, 6.07) is 6.52. The SMILES string of the molecule is Cc1nc(CNC(C)c2ccc(F)cc2)no1. The third-order valence-corrected chi connectivity index (χ3v) is 2.51. The lowest BCUT2D eigenvalue weighted by atomic mass is 10.1. The average Bonchev–Trinajstić information content (AvgIpc) is 2.73. The number of nitrogens with one attached hydrogen (secondary N) is 1. The predicted molar refractivity (Wildman–Crippen MR) is 60.7 cm³/mol. The Balaban J connectivity index is 1.93. The molecule has 0 fully saturated rings. The second-order valence-electron chi connectivity index (χ2n) is 3.88. The summed E-state index contributed by atoms with van der Waals surface area (Å²) in [5, 5.41) is 7.03. The normalized spacial score (nSPS) is 12.6. The van der Waals surface area contributed by atoms with Crippen molar-refractivity contribution in [3.63, 3.8) is 0 Å². The standard InChI is InChI=1S/C12H14FN3O/c1-8(10-3-5-11(13)6-4-10)14-7-12-15-9(2)17-16-12/h3-6,8,14H,7H2,1-2H3. The molecule has 0 amide bonds. The monoisotopic (exact) mass is 235 g/mol. The molecule has 0 spiro atoms. The van der Waals surface area contributed by atoms with Crippen molar-refractivity contribution in [2.24, 2.45) is 0 Å². The molecule has 0 saturated heterocycles. The molecule has 1 atom stereocenters. The van der Waals surface area contributed by atoms with E-state index in [1.807, 2.05) is 6.92 Å². The van der Waals surface area contributed by atoms with E-state index >= 15 is 0 Å². The van der Waals surface area contributed by atoms with Crippen LogP contribution in [-0.2, 0) is 6.54 Å². The van der Waals surface area contributed by atoms with Crippen molar-refractivity contribution < 1.29 is 8.91 Å². The second kappa shape index (κ2) is 5.05. The third kappa shape index (κ3) is 3.10. The van der Waals surface area contributed by atoms with Gasteiger partial charge in [0.05, 0.1) is 6.54 Å². The first-order valence-corrected chi connectivity index (χ1v) is 5.43. The van der Waals surface area contributed by atoms with Gasteiger partial charge in [0, 0.05) is 13.0 Å². The van der Waals surface area contributed by atoms with Crippen molar-refractivity contribution in [3.8, 4) is 0 Å². The number of aromatic nitrogens is 2. The number of hydrogen-bond donors (Lipinski definition) is 1. The Morgan fingerprint density at radius 3 is 2.65 bits per heavy atom. The van der Waals surface area contributed by atoms with Gasteiger partial charge < -0.3 is 9.84 Å². The molecule has 4 nitrogen and oxygen atoms in total. The number of nitrogens with zero attached hydrogens (tertiary/aromatic N) is 2. The van der Waals surface area contributed by atoms with Crippen LogP contribution >= 0.6 is 0 Å². The highest BCUT2D eigenvalue weighted by molar-refractivity contribution is 5.19. The summed E-state index contributed by atoms with van der Waals surface area (Å²) in [7, 11) is 0. The summed E-state index contributed by atoms with van der Waals surface area (Å²) in [4.78, 5) is 4.09. The molecule has 17 heavy (non-hydrogen) atoms. The van der Waals surface area contributed by atoms with E-state index in [0.29, 0.717) is 18.3 Å². The van der Waals surface area contributed by atoms with Crippen molar-refractivity contribution in [2.45, 2.75) is 26.4 Å². The van der Waals surface area contributed by atoms with Gasteiger partial charge >= 0.3 is 0 Å². The first-order chi connectivity index (χ1) is 8.15. The fraction of sp³-hybridized carbons (Fsp3) is 0.333. The molecule has 0 aliphatic carbocycles. The molecule has 5 heteroatoms. The van der Waals surface area contributed by atoms with Gasteiger partial charge in [-0.3, -0.25) is 0 Å². The predicted octanol–water partition coefficient (Wildman–Crippen LogP) is 2.37. The molecule has 0 bridgehead atoms. The van der Waals surface area contributed by atoms with E-state index in [1.165, 1.54) is 12.1 Å². The van der Waals surface area contributed by atoms with E-state index < -0.39 is 0 Å². The first-order valence-electron chi connectivity index (χ1n) is 5.43. The molecule has 2 aromatic rings. The van der Waals surface area contributed by atoms with Gasteiger partial charge in [-0.05, 0) is 24.6 Å². The van der Waals surface area contributed by atoms with E-state index in [0.717, 1.165) is 5.56 Å². The maximum absolute atomic E-state index is 12.8. The number of aryl methyl sites for hydroxylation is 1. The van der Waals surface area contributed by atoms with Crippen LogP contribution in [0.3, 0.4) is 0 Å². The zero-order valence-corrected chi connectivity index (χ0v) is 9.77. The molecule has 90 valence electrons. The zero-order valence-electron chi connectivity index (χ0n) is 9.77. The quantitative estimate of drug-likeness (QED) is 0.883. The fourth-order valence-electron chi connectivity index (χ4n) is 1.53. The maximum Gasteiger partial charge on any atom is 0.223 e. The van der Waals surface area contributed by atoms with Gasteiger partial charge in [-0.25, -0.2) is 4.39 Å². The molecule has 2 rings (SSSR count). The lowest BCUT2D eigenvalue weighted by Gasteiger charge is -2.12. The summed E-state index contributed by atoms with van der Waals surface area (Å²) >= 11 is 0. The fourth-order valence-corrected chi connectivity index (χ4v) is 1.53. The lowest BCUT2D eigenvalue weighted by Crippen LogP contribution is -2.18. The van der Waals surface area contributed by atoms with Crippen molar-refractivity contribution in [3.05, 3.63) is 47.4 Å². The molecule has 0 radical (unpaired) electrons. The zero-order chi connectivity index (χ0) is 12.3. The molecule has 1 aromatic heterocycles. The summed E-state index contributed by atoms with van der Waals surface area (Å²) in [6.07, 6.45) is 0. The van der Waals surface area contributed by atoms with Crippen LogP contribution in [0.2, 0.25) is 0 Å². The largest absolute Gasteiger partial charge is 0.340 e. The molecule has 0 aliphatic heterocycles. The summed E-state index contributed by atoms with van der Waals surface area (Å²) in [6.45, 7) is 4.27. The number of rotatable bonds is 4. The Bertz CT molecular complexity index is 481. The van der Waals surface area contributed by atoms with Crippen molar-refractivity contribution >= 4 is 0 Å².